The first kappa shape index (κ1) is 22.1. The lowest BCUT2D eigenvalue weighted by molar-refractivity contribution is 0.0476. The number of carbonyl (C=O) groups is 1. The number of nitrogens with zero attached hydrogens (tertiary/aromatic N) is 3. The maximum absolute atomic E-state index is 13.3. The number of pyridine rings is 1. The molecular formula is C24H34N4O2. The van der Waals surface area contributed by atoms with Gasteiger partial charge >= 0.3 is 0 Å². The van der Waals surface area contributed by atoms with Crippen LogP contribution in [-0.2, 0) is 6.54 Å². The molecule has 6 heteroatoms. The van der Waals surface area contributed by atoms with Crippen LogP contribution >= 0.6 is 0 Å². The van der Waals surface area contributed by atoms with Crippen LogP contribution in [-0.4, -0.2) is 60.0 Å². The summed E-state index contributed by atoms with van der Waals surface area (Å²) in [6.45, 7) is 10.6. The van der Waals surface area contributed by atoms with E-state index in [1.807, 2.05) is 29.2 Å². The number of nitrogens with one attached hydrogen (secondary N) is 1. The normalized spacial score (nSPS) is 17.2. The molecule has 30 heavy (non-hydrogen) atoms. The van der Waals surface area contributed by atoms with E-state index in [0.29, 0.717) is 23.8 Å². The van der Waals surface area contributed by atoms with Crippen molar-refractivity contribution in [1.82, 2.24) is 14.8 Å². The highest BCUT2D eigenvalue weighted by Crippen LogP contribution is 2.21. The Morgan fingerprint density at radius 2 is 2.10 bits per heavy atom. The lowest BCUT2D eigenvalue weighted by atomic mass is 10.1. The Morgan fingerprint density at radius 3 is 2.83 bits per heavy atom. The smallest absolute Gasteiger partial charge is 0.257 e. The molecule has 6 nitrogen and oxygen atoms in total. The van der Waals surface area contributed by atoms with Gasteiger partial charge in [0.1, 0.15) is 11.6 Å². The second-order valence-electron chi connectivity index (χ2n) is 8.44. The molecular weight excluding hydrogens is 376 g/mol. The molecule has 0 aliphatic carbocycles. The topological polar surface area (TPSA) is 57.7 Å². The molecule has 0 radical (unpaired) electrons. The zero-order valence-electron chi connectivity index (χ0n) is 18.6. The molecule has 1 amide bonds. The number of aromatic nitrogens is 1. The second-order valence-corrected chi connectivity index (χ2v) is 8.44. The standard InChI is InChI=1S/C24H34N4O2/c1-18(2)10-12-26-23-22(9-6-11-25-23)24(29)28-14-13-27(16-19(28)3)17-20-7-5-8-21(15-20)30-4/h5-9,11,15,18-19H,10,12-14,16-17H2,1-4H3,(H,25,26)/t19-/m0/s1. The van der Waals surface area contributed by atoms with Gasteiger partial charge in [-0.2, -0.15) is 0 Å². The van der Waals surface area contributed by atoms with E-state index in [-0.39, 0.29) is 11.9 Å². The summed E-state index contributed by atoms with van der Waals surface area (Å²) < 4.78 is 5.33. The summed E-state index contributed by atoms with van der Waals surface area (Å²) in [5.74, 6) is 2.24. The SMILES string of the molecule is COc1cccc(CN2CCN(C(=O)c3cccnc3NCCC(C)C)[C@@H](C)C2)c1. The number of carbonyl (C=O) groups excluding carboxylic acids is 1. The molecule has 3 rings (SSSR count). The fourth-order valence-electron chi connectivity index (χ4n) is 3.86. The van der Waals surface area contributed by atoms with Crippen LogP contribution in [0.1, 0.15) is 43.1 Å². The first-order chi connectivity index (χ1) is 14.5. The van der Waals surface area contributed by atoms with Crippen molar-refractivity contribution in [3.05, 3.63) is 53.7 Å². The Balaban J connectivity index is 1.62. The fourth-order valence-corrected chi connectivity index (χ4v) is 3.86. The van der Waals surface area contributed by atoms with Gasteiger partial charge in [-0.3, -0.25) is 9.69 Å². The van der Waals surface area contributed by atoms with Crippen molar-refractivity contribution < 1.29 is 9.53 Å². The van der Waals surface area contributed by atoms with Crippen molar-refractivity contribution in [3.8, 4) is 5.75 Å². The van der Waals surface area contributed by atoms with E-state index < -0.39 is 0 Å². The van der Waals surface area contributed by atoms with Gasteiger partial charge in [-0.1, -0.05) is 26.0 Å². The maximum Gasteiger partial charge on any atom is 0.257 e. The third-order valence-electron chi connectivity index (χ3n) is 5.57. The Hall–Kier alpha value is -2.60. The average molecular weight is 411 g/mol. The molecule has 0 unspecified atom stereocenters. The number of hydrogen-bond acceptors (Lipinski definition) is 5. The second kappa shape index (κ2) is 10.4. The molecule has 162 valence electrons. The van der Waals surface area contributed by atoms with Gasteiger partial charge in [0.25, 0.3) is 5.91 Å². The van der Waals surface area contributed by atoms with Crippen LogP contribution in [0, 0.1) is 5.92 Å². The van der Waals surface area contributed by atoms with E-state index in [1.165, 1.54) is 5.56 Å². The molecule has 1 fully saturated rings. The fraction of sp³-hybridized carbons (Fsp3) is 0.500. The van der Waals surface area contributed by atoms with Gasteiger partial charge in [0, 0.05) is 45.0 Å². The number of rotatable bonds is 8. The molecule has 0 bridgehead atoms. The van der Waals surface area contributed by atoms with Gasteiger partial charge in [-0.25, -0.2) is 4.98 Å². The minimum absolute atomic E-state index is 0.0590. The van der Waals surface area contributed by atoms with Gasteiger partial charge in [0.05, 0.1) is 12.7 Å². The third kappa shape index (κ3) is 5.72. The third-order valence-corrected chi connectivity index (χ3v) is 5.57. The lowest BCUT2D eigenvalue weighted by Gasteiger charge is -2.40. The minimum atomic E-state index is 0.0590. The van der Waals surface area contributed by atoms with E-state index in [2.05, 4.69) is 48.1 Å². The quantitative estimate of drug-likeness (QED) is 0.715. The highest BCUT2D eigenvalue weighted by molar-refractivity contribution is 5.99. The molecule has 1 aromatic carbocycles. The number of piperazine rings is 1. The number of benzene rings is 1. The molecule has 1 aliphatic heterocycles. The van der Waals surface area contributed by atoms with Crippen LogP contribution in [0.3, 0.4) is 0 Å². The summed E-state index contributed by atoms with van der Waals surface area (Å²) in [5.41, 5.74) is 1.89. The predicted octanol–water partition coefficient (Wildman–Crippen LogP) is 3.89. The number of ether oxygens (including phenoxy) is 1. The summed E-state index contributed by atoms with van der Waals surface area (Å²) >= 11 is 0. The Kier molecular flexibility index (Phi) is 7.69. The van der Waals surface area contributed by atoms with Crippen molar-refractivity contribution >= 4 is 11.7 Å². The van der Waals surface area contributed by atoms with E-state index in [1.54, 1.807) is 13.3 Å². The van der Waals surface area contributed by atoms with Gasteiger partial charge in [0.2, 0.25) is 0 Å². The first-order valence-corrected chi connectivity index (χ1v) is 10.8. The molecule has 0 saturated carbocycles. The molecule has 1 saturated heterocycles. The summed E-state index contributed by atoms with van der Waals surface area (Å²) in [6.07, 6.45) is 2.79. The van der Waals surface area contributed by atoms with Crippen molar-refractivity contribution in [1.29, 1.82) is 0 Å². The summed E-state index contributed by atoms with van der Waals surface area (Å²) in [6, 6.07) is 12.0. The Bertz CT molecular complexity index is 839. The molecule has 2 heterocycles. The first-order valence-electron chi connectivity index (χ1n) is 10.8. The van der Waals surface area contributed by atoms with Crippen LogP contribution < -0.4 is 10.1 Å². The van der Waals surface area contributed by atoms with E-state index in [0.717, 1.165) is 38.3 Å². The zero-order valence-corrected chi connectivity index (χ0v) is 18.6. The van der Waals surface area contributed by atoms with Crippen LogP contribution in [0.4, 0.5) is 5.82 Å². The molecule has 1 atom stereocenters. The van der Waals surface area contributed by atoms with Crippen LogP contribution in [0.5, 0.6) is 5.75 Å². The summed E-state index contributed by atoms with van der Waals surface area (Å²) in [4.78, 5) is 22.1. The van der Waals surface area contributed by atoms with Crippen molar-refractivity contribution in [3.63, 3.8) is 0 Å². The molecule has 1 N–H and O–H groups in total. The Labute approximate surface area is 180 Å². The van der Waals surface area contributed by atoms with Crippen LogP contribution in [0.25, 0.3) is 0 Å². The van der Waals surface area contributed by atoms with E-state index in [4.69, 9.17) is 4.74 Å². The number of anilines is 1. The number of amides is 1. The molecule has 1 aromatic heterocycles. The van der Waals surface area contributed by atoms with Gasteiger partial charge in [-0.15, -0.1) is 0 Å². The van der Waals surface area contributed by atoms with Gasteiger partial charge < -0.3 is 15.0 Å². The van der Waals surface area contributed by atoms with E-state index in [9.17, 15) is 4.79 Å². The number of hydrogen-bond donors (Lipinski definition) is 1. The monoisotopic (exact) mass is 410 g/mol. The largest absolute Gasteiger partial charge is 0.497 e. The van der Waals surface area contributed by atoms with Crippen molar-refractivity contribution in [2.75, 3.05) is 38.6 Å². The van der Waals surface area contributed by atoms with Gasteiger partial charge in [-0.05, 0) is 49.1 Å². The van der Waals surface area contributed by atoms with Crippen molar-refractivity contribution in [2.45, 2.75) is 39.8 Å². The van der Waals surface area contributed by atoms with Gasteiger partial charge in [0.15, 0.2) is 0 Å². The zero-order chi connectivity index (χ0) is 21.5. The molecule has 2 aromatic rings. The summed E-state index contributed by atoms with van der Waals surface area (Å²) in [7, 11) is 1.69. The predicted molar refractivity (Wildman–Crippen MR) is 121 cm³/mol. The minimum Gasteiger partial charge on any atom is -0.497 e. The number of methoxy groups -OCH3 is 1. The highest BCUT2D eigenvalue weighted by atomic mass is 16.5. The van der Waals surface area contributed by atoms with E-state index >= 15 is 0 Å². The average Bonchev–Trinajstić information content (AvgIpc) is 2.74. The van der Waals surface area contributed by atoms with Crippen LogP contribution in [0.15, 0.2) is 42.6 Å². The van der Waals surface area contributed by atoms with Crippen LogP contribution in [0.2, 0.25) is 0 Å². The summed E-state index contributed by atoms with van der Waals surface area (Å²) in [5, 5.41) is 3.35. The Morgan fingerprint density at radius 1 is 1.27 bits per heavy atom. The molecule has 1 aliphatic rings. The maximum atomic E-state index is 13.3. The highest BCUT2D eigenvalue weighted by Gasteiger charge is 2.29. The molecule has 0 spiro atoms. The lowest BCUT2D eigenvalue weighted by Crippen LogP contribution is -2.53. The van der Waals surface area contributed by atoms with Crippen molar-refractivity contribution in [2.24, 2.45) is 5.92 Å².